The minimum atomic E-state index is 1.24. The third kappa shape index (κ3) is 5.23. The van der Waals surface area contributed by atoms with Crippen molar-refractivity contribution in [2.75, 3.05) is 0 Å². The standard InChI is InChI=1S/C13H20S/c1-2-3-4-5-6-7-8-10-13-11-9-12-14-13/h8-12H,2-7H2,1H3/b10-8-. The molecular formula is C13H20S. The first kappa shape index (κ1) is 11.5. The topological polar surface area (TPSA) is 0 Å². The quantitative estimate of drug-likeness (QED) is 0.545. The summed E-state index contributed by atoms with van der Waals surface area (Å²) in [7, 11) is 0. The maximum atomic E-state index is 2.30. The van der Waals surface area contributed by atoms with Gasteiger partial charge < -0.3 is 0 Å². The summed E-state index contributed by atoms with van der Waals surface area (Å²) in [6.45, 7) is 2.26. The molecule has 0 bridgehead atoms. The third-order valence-electron chi connectivity index (χ3n) is 2.30. The molecule has 0 N–H and O–H groups in total. The van der Waals surface area contributed by atoms with E-state index in [0.717, 1.165) is 0 Å². The van der Waals surface area contributed by atoms with Gasteiger partial charge in [-0.2, -0.15) is 0 Å². The van der Waals surface area contributed by atoms with Crippen LogP contribution >= 0.6 is 11.3 Å². The van der Waals surface area contributed by atoms with Gasteiger partial charge in [-0.25, -0.2) is 0 Å². The van der Waals surface area contributed by atoms with Crippen molar-refractivity contribution in [1.82, 2.24) is 0 Å². The average Bonchev–Trinajstić information content (AvgIpc) is 2.69. The molecule has 0 radical (unpaired) electrons. The Morgan fingerprint density at radius 3 is 2.79 bits per heavy atom. The molecular weight excluding hydrogens is 188 g/mol. The first-order valence-electron chi connectivity index (χ1n) is 5.63. The molecule has 0 saturated heterocycles. The highest BCUT2D eigenvalue weighted by Crippen LogP contribution is 2.12. The Labute approximate surface area is 91.7 Å². The lowest BCUT2D eigenvalue weighted by molar-refractivity contribution is 0.638. The zero-order valence-electron chi connectivity index (χ0n) is 9.04. The molecule has 1 heterocycles. The molecule has 0 amide bonds. The molecule has 0 nitrogen and oxygen atoms in total. The van der Waals surface area contributed by atoms with Gasteiger partial charge in [-0.1, -0.05) is 44.7 Å². The van der Waals surface area contributed by atoms with Gasteiger partial charge >= 0.3 is 0 Å². The van der Waals surface area contributed by atoms with Gasteiger partial charge in [0.2, 0.25) is 0 Å². The van der Waals surface area contributed by atoms with Crippen molar-refractivity contribution in [2.45, 2.75) is 45.4 Å². The summed E-state index contributed by atoms with van der Waals surface area (Å²) in [5, 5.41) is 2.13. The first-order valence-corrected chi connectivity index (χ1v) is 6.51. The van der Waals surface area contributed by atoms with E-state index < -0.39 is 0 Å². The van der Waals surface area contributed by atoms with Crippen molar-refractivity contribution in [3.05, 3.63) is 28.5 Å². The van der Waals surface area contributed by atoms with Crippen LogP contribution in [0.4, 0.5) is 0 Å². The van der Waals surface area contributed by atoms with E-state index in [0.29, 0.717) is 0 Å². The van der Waals surface area contributed by atoms with Crippen LogP contribution in [0.3, 0.4) is 0 Å². The van der Waals surface area contributed by atoms with Gasteiger partial charge in [0.05, 0.1) is 0 Å². The van der Waals surface area contributed by atoms with Crippen LogP contribution in [0.15, 0.2) is 23.6 Å². The molecule has 1 aromatic rings. The summed E-state index contributed by atoms with van der Waals surface area (Å²) in [5.74, 6) is 0. The largest absolute Gasteiger partial charge is 0.144 e. The molecule has 0 aliphatic rings. The third-order valence-corrected chi connectivity index (χ3v) is 3.14. The molecule has 1 heteroatoms. The van der Waals surface area contributed by atoms with Crippen molar-refractivity contribution in [3.63, 3.8) is 0 Å². The van der Waals surface area contributed by atoms with Gasteiger partial charge in [0.25, 0.3) is 0 Å². The Kier molecular flexibility index (Phi) is 6.42. The summed E-state index contributed by atoms with van der Waals surface area (Å²) < 4.78 is 0. The lowest BCUT2D eigenvalue weighted by atomic mass is 10.1. The highest BCUT2D eigenvalue weighted by Gasteiger charge is 1.87. The van der Waals surface area contributed by atoms with E-state index in [1.807, 2.05) is 11.3 Å². The summed E-state index contributed by atoms with van der Waals surface area (Å²) in [5.41, 5.74) is 0. The van der Waals surface area contributed by atoms with Crippen LogP contribution in [0.25, 0.3) is 6.08 Å². The van der Waals surface area contributed by atoms with Gasteiger partial charge in [0, 0.05) is 4.88 Å². The molecule has 0 spiro atoms. The van der Waals surface area contributed by atoms with Crippen molar-refractivity contribution in [1.29, 1.82) is 0 Å². The fourth-order valence-corrected chi connectivity index (χ4v) is 2.10. The number of hydrogen-bond donors (Lipinski definition) is 0. The maximum Gasteiger partial charge on any atom is 0.0267 e. The molecule has 0 aliphatic heterocycles. The van der Waals surface area contributed by atoms with Crippen LogP contribution in [0, 0.1) is 0 Å². The van der Waals surface area contributed by atoms with Gasteiger partial charge in [-0.15, -0.1) is 11.3 Å². The van der Waals surface area contributed by atoms with Gasteiger partial charge in [-0.05, 0) is 30.4 Å². The van der Waals surface area contributed by atoms with Crippen molar-refractivity contribution in [2.24, 2.45) is 0 Å². The van der Waals surface area contributed by atoms with Gasteiger partial charge in [0.1, 0.15) is 0 Å². The molecule has 0 fully saturated rings. The van der Waals surface area contributed by atoms with Crippen LogP contribution in [-0.2, 0) is 0 Å². The second kappa shape index (κ2) is 7.81. The molecule has 14 heavy (non-hydrogen) atoms. The predicted octanol–water partition coefficient (Wildman–Crippen LogP) is 5.12. The molecule has 0 atom stereocenters. The molecule has 0 unspecified atom stereocenters. The van der Waals surface area contributed by atoms with Gasteiger partial charge in [0.15, 0.2) is 0 Å². The van der Waals surface area contributed by atoms with Crippen LogP contribution in [0.2, 0.25) is 0 Å². The summed E-state index contributed by atoms with van der Waals surface area (Å²) in [4.78, 5) is 1.37. The van der Waals surface area contributed by atoms with Crippen LogP contribution in [0.5, 0.6) is 0 Å². The first-order chi connectivity index (χ1) is 6.93. The number of rotatable bonds is 7. The Bertz CT molecular complexity index is 234. The summed E-state index contributed by atoms with van der Waals surface area (Å²) in [6, 6.07) is 4.27. The number of hydrogen-bond acceptors (Lipinski definition) is 1. The minimum Gasteiger partial charge on any atom is -0.144 e. The molecule has 1 aromatic heterocycles. The molecule has 0 aromatic carbocycles. The monoisotopic (exact) mass is 208 g/mol. The number of thiophene rings is 1. The van der Waals surface area contributed by atoms with Crippen molar-refractivity contribution < 1.29 is 0 Å². The van der Waals surface area contributed by atoms with E-state index >= 15 is 0 Å². The van der Waals surface area contributed by atoms with Crippen LogP contribution < -0.4 is 0 Å². The normalized spacial score (nSPS) is 11.2. The Morgan fingerprint density at radius 1 is 1.21 bits per heavy atom. The zero-order valence-corrected chi connectivity index (χ0v) is 9.85. The van der Waals surface area contributed by atoms with Crippen molar-refractivity contribution in [3.8, 4) is 0 Å². The molecule has 0 aliphatic carbocycles. The highest BCUT2D eigenvalue weighted by molar-refractivity contribution is 7.10. The Hall–Kier alpha value is -0.560. The smallest absolute Gasteiger partial charge is 0.0267 e. The van der Waals surface area contributed by atoms with Crippen LogP contribution in [0.1, 0.15) is 50.3 Å². The molecule has 0 saturated carbocycles. The van der Waals surface area contributed by atoms with Gasteiger partial charge in [-0.3, -0.25) is 0 Å². The average molecular weight is 208 g/mol. The second-order valence-corrected chi connectivity index (χ2v) is 4.60. The highest BCUT2D eigenvalue weighted by atomic mass is 32.1. The second-order valence-electron chi connectivity index (χ2n) is 3.62. The minimum absolute atomic E-state index is 1.24. The Morgan fingerprint density at radius 2 is 2.07 bits per heavy atom. The number of unbranched alkanes of at least 4 members (excludes halogenated alkanes) is 5. The van der Waals surface area contributed by atoms with E-state index in [1.54, 1.807) is 0 Å². The van der Waals surface area contributed by atoms with E-state index in [1.165, 1.54) is 43.4 Å². The van der Waals surface area contributed by atoms with E-state index in [2.05, 4.69) is 36.6 Å². The van der Waals surface area contributed by atoms with Crippen LogP contribution in [-0.4, -0.2) is 0 Å². The van der Waals surface area contributed by atoms with E-state index in [-0.39, 0.29) is 0 Å². The van der Waals surface area contributed by atoms with E-state index in [4.69, 9.17) is 0 Å². The van der Waals surface area contributed by atoms with Crippen molar-refractivity contribution >= 4 is 17.4 Å². The van der Waals surface area contributed by atoms with E-state index in [9.17, 15) is 0 Å². The Balaban J connectivity index is 1.98. The SMILES string of the molecule is CCCCCCC/C=C\c1cccs1. The summed E-state index contributed by atoms with van der Waals surface area (Å²) in [6.07, 6.45) is 12.7. The fourth-order valence-electron chi connectivity index (χ4n) is 1.45. The lowest BCUT2D eigenvalue weighted by Crippen LogP contribution is -1.75. The predicted molar refractivity (Wildman–Crippen MR) is 66.7 cm³/mol. The lowest BCUT2D eigenvalue weighted by Gasteiger charge is -1.95. The number of allylic oxidation sites excluding steroid dienone is 1. The summed E-state index contributed by atoms with van der Waals surface area (Å²) >= 11 is 1.81. The fraction of sp³-hybridized carbons (Fsp3) is 0.538. The maximum absolute atomic E-state index is 2.30. The zero-order chi connectivity index (χ0) is 10.1. The molecule has 78 valence electrons. The molecule has 1 rings (SSSR count).